The molecular formula is C25H30N2O3. The summed E-state index contributed by atoms with van der Waals surface area (Å²) >= 11 is 0. The lowest BCUT2D eigenvalue weighted by atomic mass is 9.86. The maximum atomic E-state index is 13.1. The van der Waals surface area contributed by atoms with Gasteiger partial charge in [0.15, 0.2) is 5.60 Å². The Balaban J connectivity index is 1.54. The monoisotopic (exact) mass is 406 g/mol. The summed E-state index contributed by atoms with van der Waals surface area (Å²) in [6.45, 7) is 1.08. The number of morpholine rings is 1. The van der Waals surface area contributed by atoms with Crippen LogP contribution in [0, 0.1) is 5.92 Å². The summed E-state index contributed by atoms with van der Waals surface area (Å²) in [5, 5.41) is 0. The third-order valence-corrected chi connectivity index (χ3v) is 6.42. The number of amides is 2. The van der Waals surface area contributed by atoms with Crippen molar-refractivity contribution in [1.29, 1.82) is 0 Å². The number of carbonyl (C=O) groups excluding carboxylic acids is 2. The summed E-state index contributed by atoms with van der Waals surface area (Å²) in [6.07, 6.45) is 5.66. The van der Waals surface area contributed by atoms with Crippen LogP contribution in [0.15, 0.2) is 54.6 Å². The van der Waals surface area contributed by atoms with E-state index in [2.05, 4.69) is 24.3 Å². The maximum absolute atomic E-state index is 13.1. The summed E-state index contributed by atoms with van der Waals surface area (Å²) in [5.41, 5.74) is 7.83. The van der Waals surface area contributed by atoms with Crippen LogP contribution in [0.25, 0.3) is 11.1 Å². The van der Waals surface area contributed by atoms with Crippen LogP contribution in [0.2, 0.25) is 0 Å². The normalized spacial score (nSPS) is 22.6. The molecule has 1 saturated carbocycles. The van der Waals surface area contributed by atoms with Crippen molar-refractivity contribution in [2.75, 3.05) is 19.7 Å². The Morgan fingerprint density at radius 1 is 1.00 bits per heavy atom. The summed E-state index contributed by atoms with van der Waals surface area (Å²) in [5.74, 6) is -0.278. The fourth-order valence-electron chi connectivity index (χ4n) is 4.74. The van der Waals surface area contributed by atoms with Crippen molar-refractivity contribution in [2.45, 2.75) is 44.1 Å². The van der Waals surface area contributed by atoms with Crippen molar-refractivity contribution in [2.24, 2.45) is 11.7 Å². The molecule has 2 aliphatic rings. The molecule has 2 amide bonds. The standard InChI is InChI=1S/C25H30N2O3/c26-24(29)25(17-19-8-7-13-22(16-19)20-9-3-1-4-10-20)18-27(14-15-30-25)23(28)21-11-5-2-6-12-21/h1,3-4,7-10,13,16,21H,2,5-6,11-12,14-15,17-18H2,(H2,26,29)/t25-/m1/s1. The molecule has 0 bridgehead atoms. The molecule has 158 valence electrons. The Morgan fingerprint density at radius 2 is 1.73 bits per heavy atom. The molecule has 4 rings (SSSR count). The van der Waals surface area contributed by atoms with E-state index in [0.717, 1.165) is 42.4 Å². The third-order valence-electron chi connectivity index (χ3n) is 6.42. The lowest BCUT2D eigenvalue weighted by Gasteiger charge is -2.42. The van der Waals surface area contributed by atoms with Gasteiger partial charge >= 0.3 is 0 Å². The molecule has 0 spiro atoms. The first-order valence-corrected chi connectivity index (χ1v) is 10.9. The summed E-state index contributed by atoms with van der Waals surface area (Å²) in [6, 6.07) is 18.2. The van der Waals surface area contributed by atoms with Gasteiger partial charge in [-0.3, -0.25) is 9.59 Å². The van der Waals surface area contributed by atoms with Crippen molar-refractivity contribution in [1.82, 2.24) is 4.90 Å². The van der Waals surface area contributed by atoms with E-state index in [4.69, 9.17) is 10.5 Å². The number of hydrogen-bond acceptors (Lipinski definition) is 3. The van der Waals surface area contributed by atoms with Crippen molar-refractivity contribution < 1.29 is 14.3 Å². The first kappa shape index (κ1) is 20.6. The minimum absolute atomic E-state index is 0.0730. The number of nitrogens with two attached hydrogens (primary N) is 1. The molecular weight excluding hydrogens is 376 g/mol. The average Bonchev–Trinajstić information content (AvgIpc) is 2.80. The number of carbonyl (C=O) groups is 2. The number of ether oxygens (including phenoxy) is 1. The number of hydrogen-bond donors (Lipinski definition) is 1. The lowest BCUT2D eigenvalue weighted by Crippen LogP contribution is -2.61. The molecule has 2 aromatic rings. The zero-order valence-corrected chi connectivity index (χ0v) is 17.4. The van der Waals surface area contributed by atoms with Crippen molar-refractivity contribution in [3.8, 4) is 11.1 Å². The van der Waals surface area contributed by atoms with Gasteiger partial charge in [-0.05, 0) is 29.5 Å². The van der Waals surface area contributed by atoms with E-state index in [0.29, 0.717) is 19.6 Å². The smallest absolute Gasteiger partial charge is 0.251 e. The minimum atomic E-state index is -1.18. The van der Waals surface area contributed by atoms with Gasteiger partial charge in [-0.1, -0.05) is 73.9 Å². The van der Waals surface area contributed by atoms with Crippen LogP contribution >= 0.6 is 0 Å². The lowest BCUT2D eigenvalue weighted by molar-refractivity contribution is -0.165. The van der Waals surface area contributed by atoms with Crippen LogP contribution in [0.5, 0.6) is 0 Å². The van der Waals surface area contributed by atoms with Crippen LogP contribution in [0.4, 0.5) is 0 Å². The van der Waals surface area contributed by atoms with E-state index < -0.39 is 11.5 Å². The Labute approximate surface area is 178 Å². The van der Waals surface area contributed by atoms with Crippen LogP contribution in [0.3, 0.4) is 0 Å². The second-order valence-corrected chi connectivity index (χ2v) is 8.54. The molecule has 1 heterocycles. The van der Waals surface area contributed by atoms with Crippen LogP contribution in [-0.4, -0.2) is 42.0 Å². The van der Waals surface area contributed by atoms with E-state index in [1.165, 1.54) is 6.42 Å². The highest BCUT2D eigenvalue weighted by molar-refractivity contribution is 5.86. The van der Waals surface area contributed by atoms with Crippen LogP contribution < -0.4 is 5.73 Å². The zero-order chi connectivity index (χ0) is 21.0. The van der Waals surface area contributed by atoms with Gasteiger partial charge in [-0.2, -0.15) is 0 Å². The van der Waals surface area contributed by atoms with E-state index in [1.807, 2.05) is 35.2 Å². The van der Waals surface area contributed by atoms with E-state index >= 15 is 0 Å². The molecule has 5 heteroatoms. The Kier molecular flexibility index (Phi) is 6.18. The quantitative estimate of drug-likeness (QED) is 0.825. The molecule has 0 radical (unpaired) electrons. The maximum Gasteiger partial charge on any atom is 0.251 e. The molecule has 1 atom stereocenters. The highest BCUT2D eigenvalue weighted by Gasteiger charge is 2.44. The summed E-state index contributed by atoms with van der Waals surface area (Å²) < 4.78 is 5.98. The molecule has 1 saturated heterocycles. The summed E-state index contributed by atoms with van der Waals surface area (Å²) in [4.78, 5) is 27.4. The highest BCUT2D eigenvalue weighted by Crippen LogP contribution is 2.30. The molecule has 30 heavy (non-hydrogen) atoms. The number of rotatable bonds is 5. The Hall–Kier alpha value is -2.66. The van der Waals surface area contributed by atoms with Gasteiger partial charge in [0.2, 0.25) is 5.91 Å². The average molecular weight is 407 g/mol. The van der Waals surface area contributed by atoms with Gasteiger partial charge in [-0.25, -0.2) is 0 Å². The second-order valence-electron chi connectivity index (χ2n) is 8.54. The Morgan fingerprint density at radius 3 is 2.47 bits per heavy atom. The van der Waals surface area contributed by atoms with Gasteiger partial charge in [0, 0.05) is 18.9 Å². The van der Waals surface area contributed by atoms with Crippen molar-refractivity contribution in [3.63, 3.8) is 0 Å². The molecule has 5 nitrogen and oxygen atoms in total. The number of primary amides is 1. The topological polar surface area (TPSA) is 72.6 Å². The van der Waals surface area contributed by atoms with Crippen molar-refractivity contribution in [3.05, 3.63) is 60.2 Å². The number of nitrogens with zero attached hydrogens (tertiary/aromatic N) is 1. The zero-order valence-electron chi connectivity index (χ0n) is 17.4. The molecule has 2 N–H and O–H groups in total. The highest BCUT2D eigenvalue weighted by atomic mass is 16.5. The first-order valence-electron chi connectivity index (χ1n) is 10.9. The van der Waals surface area contributed by atoms with Gasteiger partial charge in [0.25, 0.3) is 5.91 Å². The second kappa shape index (κ2) is 9.00. The van der Waals surface area contributed by atoms with E-state index in [-0.39, 0.29) is 18.4 Å². The third kappa shape index (κ3) is 4.41. The number of benzene rings is 2. The van der Waals surface area contributed by atoms with Gasteiger partial charge < -0.3 is 15.4 Å². The van der Waals surface area contributed by atoms with Gasteiger partial charge in [0.05, 0.1) is 13.2 Å². The molecule has 0 unspecified atom stereocenters. The molecule has 1 aliphatic heterocycles. The molecule has 2 fully saturated rings. The minimum Gasteiger partial charge on any atom is -0.367 e. The SMILES string of the molecule is NC(=O)[C@@]1(Cc2cccc(-c3ccccc3)c2)CN(C(=O)C2CCCCC2)CCO1. The van der Waals surface area contributed by atoms with E-state index in [1.54, 1.807) is 0 Å². The predicted octanol–water partition coefficient (Wildman–Crippen LogP) is 3.56. The molecule has 0 aromatic heterocycles. The van der Waals surface area contributed by atoms with E-state index in [9.17, 15) is 9.59 Å². The largest absolute Gasteiger partial charge is 0.367 e. The summed E-state index contributed by atoms with van der Waals surface area (Å²) in [7, 11) is 0. The molecule has 1 aliphatic carbocycles. The van der Waals surface area contributed by atoms with Crippen LogP contribution in [0.1, 0.15) is 37.7 Å². The van der Waals surface area contributed by atoms with Crippen LogP contribution in [-0.2, 0) is 20.7 Å². The van der Waals surface area contributed by atoms with Crippen molar-refractivity contribution >= 4 is 11.8 Å². The van der Waals surface area contributed by atoms with Gasteiger partial charge in [-0.15, -0.1) is 0 Å². The fourth-order valence-corrected chi connectivity index (χ4v) is 4.74. The predicted molar refractivity (Wildman–Crippen MR) is 117 cm³/mol. The van der Waals surface area contributed by atoms with Gasteiger partial charge in [0.1, 0.15) is 0 Å². The first-order chi connectivity index (χ1) is 14.6. The Bertz CT molecular complexity index is 892. The molecule has 2 aromatic carbocycles. The fraction of sp³-hybridized carbons (Fsp3) is 0.440.